The largest absolute Gasteiger partial charge is 0.349 e. The van der Waals surface area contributed by atoms with E-state index in [-0.39, 0.29) is 17.9 Å². The predicted molar refractivity (Wildman–Crippen MR) is 109 cm³/mol. The van der Waals surface area contributed by atoms with E-state index in [2.05, 4.69) is 5.32 Å². The molecule has 0 radical (unpaired) electrons. The van der Waals surface area contributed by atoms with Crippen molar-refractivity contribution in [3.63, 3.8) is 0 Å². The van der Waals surface area contributed by atoms with Crippen molar-refractivity contribution in [2.75, 3.05) is 13.1 Å². The minimum Gasteiger partial charge on any atom is -0.349 e. The Morgan fingerprint density at radius 1 is 0.897 bits per heavy atom. The van der Waals surface area contributed by atoms with Crippen LogP contribution in [0.15, 0.2) is 73.1 Å². The van der Waals surface area contributed by atoms with Gasteiger partial charge >= 0.3 is 0 Å². The third-order valence-electron chi connectivity index (χ3n) is 5.22. The van der Waals surface area contributed by atoms with Crippen LogP contribution in [0.1, 0.15) is 33.6 Å². The maximum absolute atomic E-state index is 13.3. The van der Waals surface area contributed by atoms with Crippen LogP contribution >= 0.6 is 0 Å². The van der Waals surface area contributed by atoms with Crippen LogP contribution in [-0.4, -0.2) is 40.4 Å². The highest BCUT2D eigenvalue weighted by molar-refractivity contribution is 5.95. The van der Waals surface area contributed by atoms with E-state index in [0.29, 0.717) is 37.1 Å². The Hall–Kier alpha value is -3.41. The van der Waals surface area contributed by atoms with Crippen LogP contribution in [-0.2, 0) is 0 Å². The van der Waals surface area contributed by atoms with Crippen molar-refractivity contribution in [1.29, 1.82) is 0 Å². The van der Waals surface area contributed by atoms with Gasteiger partial charge < -0.3 is 14.8 Å². The van der Waals surface area contributed by atoms with Gasteiger partial charge in [-0.1, -0.05) is 6.07 Å². The quantitative estimate of drug-likeness (QED) is 0.738. The number of amides is 2. The molecule has 4 rings (SSSR count). The minimum atomic E-state index is -0.416. The number of hydrogen-bond donors (Lipinski definition) is 1. The van der Waals surface area contributed by atoms with Crippen molar-refractivity contribution in [1.82, 2.24) is 14.8 Å². The summed E-state index contributed by atoms with van der Waals surface area (Å²) in [6.07, 6.45) is 5.25. The van der Waals surface area contributed by atoms with E-state index in [9.17, 15) is 14.0 Å². The molecule has 1 aliphatic heterocycles. The SMILES string of the molecule is O=C(NC1CCN(C(=O)c2cccc(F)c2)CC1)c1ccc(-n2cccc2)cc1. The Labute approximate surface area is 168 Å². The fraction of sp³-hybridized carbons (Fsp3) is 0.217. The molecule has 6 heteroatoms. The summed E-state index contributed by atoms with van der Waals surface area (Å²) < 4.78 is 15.3. The molecule has 0 atom stereocenters. The molecule has 0 aliphatic carbocycles. The molecule has 2 amide bonds. The number of benzene rings is 2. The number of rotatable bonds is 4. The van der Waals surface area contributed by atoms with Gasteiger partial charge in [0, 0.05) is 48.3 Å². The lowest BCUT2D eigenvalue weighted by molar-refractivity contribution is 0.0697. The molecule has 1 aromatic heterocycles. The van der Waals surface area contributed by atoms with Crippen molar-refractivity contribution in [3.05, 3.63) is 90.0 Å². The Morgan fingerprint density at radius 3 is 2.24 bits per heavy atom. The second kappa shape index (κ2) is 8.31. The normalized spacial score (nSPS) is 14.6. The fourth-order valence-corrected chi connectivity index (χ4v) is 3.59. The molecular weight excluding hydrogens is 369 g/mol. The highest BCUT2D eigenvalue weighted by Crippen LogP contribution is 2.16. The van der Waals surface area contributed by atoms with Gasteiger partial charge in [0.15, 0.2) is 0 Å². The average molecular weight is 391 g/mol. The summed E-state index contributed by atoms with van der Waals surface area (Å²) in [4.78, 5) is 26.8. The average Bonchev–Trinajstić information content (AvgIpc) is 3.29. The topological polar surface area (TPSA) is 54.3 Å². The number of halogens is 1. The molecule has 1 saturated heterocycles. The Bertz CT molecular complexity index is 991. The monoisotopic (exact) mass is 391 g/mol. The second-order valence-electron chi connectivity index (χ2n) is 7.19. The van der Waals surface area contributed by atoms with E-state index in [1.807, 2.05) is 53.4 Å². The number of piperidine rings is 1. The van der Waals surface area contributed by atoms with Crippen LogP contribution < -0.4 is 5.32 Å². The van der Waals surface area contributed by atoms with E-state index in [0.717, 1.165) is 5.69 Å². The first-order valence-corrected chi connectivity index (χ1v) is 9.69. The maximum atomic E-state index is 13.3. The smallest absolute Gasteiger partial charge is 0.253 e. The van der Waals surface area contributed by atoms with Crippen molar-refractivity contribution in [2.24, 2.45) is 0 Å². The van der Waals surface area contributed by atoms with E-state index >= 15 is 0 Å². The molecule has 3 aromatic rings. The van der Waals surface area contributed by atoms with Gasteiger partial charge in [0.2, 0.25) is 0 Å². The summed E-state index contributed by atoms with van der Waals surface area (Å²) in [7, 11) is 0. The summed E-state index contributed by atoms with van der Waals surface area (Å²) in [6, 6.07) is 17.1. The van der Waals surface area contributed by atoms with Crippen LogP contribution in [0, 0.1) is 5.82 Å². The molecule has 2 aromatic carbocycles. The first kappa shape index (κ1) is 18.9. The van der Waals surface area contributed by atoms with Crippen molar-refractivity contribution >= 4 is 11.8 Å². The van der Waals surface area contributed by atoms with Crippen LogP contribution in [0.5, 0.6) is 0 Å². The fourth-order valence-electron chi connectivity index (χ4n) is 3.59. The Balaban J connectivity index is 1.31. The van der Waals surface area contributed by atoms with Crippen molar-refractivity contribution in [3.8, 4) is 5.69 Å². The predicted octanol–water partition coefficient (Wildman–Crippen LogP) is 3.65. The van der Waals surface area contributed by atoms with E-state index in [4.69, 9.17) is 0 Å². The first-order valence-electron chi connectivity index (χ1n) is 9.69. The Morgan fingerprint density at radius 2 is 1.59 bits per heavy atom. The highest BCUT2D eigenvalue weighted by atomic mass is 19.1. The molecule has 1 fully saturated rings. The summed E-state index contributed by atoms with van der Waals surface area (Å²) >= 11 is 0. The van der Waals surface area contributed by atoms with Gasteiger partial charge in [0.05, 0.1) is 0 Å². The summed E-state index contributed by atoms with van der Waals surface area (Å²) in [5.41, 5.74) is 1.96. The van der Waals surface area contributed by atoms with E-state index in [1.54, 1.807) is 11.0 Å². The molecule has 0 spiro atoms. The van der Waals surface area contributed by atoms with Gasteiger partial charge in [-0.3, -0.25) is 9.59 Å². The number of nitrogens with one attached hydrogen (secondary N) is 1. The third kappa shape index (κ3) is 4.37. The summed E-state index contributed by atoms with van der Waals surface area (Å²) in [5.74, 6) is -0.699. The number of carbonyl (C=O) groups excluding carboxylic acids is 2. The molecule has 1 aliphatic rings. The molecule has 0 saturated carbocycles. The zero-order valence-corrected chi connectivity index (χ0v) is 15.9. The Kier molecular flexibility index (Phi) is 5.42. The molecule has 5 nitrogen and oxygen atoms in total. The van der Waals surface area contributed by atoms with Gasteiger partial charge in [-0.15, -0.1) is 0 Å². The lowest BCUT2D eigenvalue weighted by atomic mass is 10.0. The number of hydrogen-bond acceptors (Lipinski definition) is 2. The number of likely N-dealkylation sites (tertiary alicyclic amines) is 1. The van der Waals surface area contributed by atoms with Crippen LogP contribution in [0.2, 0.25) is 0 Å². The zero-order valence-electron chi connectivity index (χ0n) is 15.9. The number of aromatic nitrogens is 1. The molecule has 1 N–H and O–H groups in total. The maximum Gasteiger partial charge on any atom is 0.253 e. The molecule has 148 valence electrons. The van der Waals surface area contributed by atoms with Gasteiger partial charge in [0.1, 0.15) is 5.82 Å². The first-order chi connectivity index (χ1) is 14.1. The molecule has 2 heterocycles. The summed E-state index contributed by atoms with van der Waals surface area (Å²) in [6.45, 7) is 1.07. The lowest BCUT2D eigenvalue weighted by Gasteiger charge is -2.32. The second-order valence-corrected chi connectivity index (χ2v) is 7.19. The molecule has 0 bridgehead atoms. The minimum absolute atomic E-state index is 0.0168. The van der Waals surface area contributed by atoms with E-state index < -0.39 is 5.82 Å². The van der Waals surface area contributed by atoms with Gasteiger partial charge in [-0.05, 0) is 67.4 Å². The summed E-state index contributed by atoms with van der Waals surface area (Å²) in [5, 5.41) is 3.05. The van der Waals surface area contributed by atoms with Gasteiger partial charge in [-0.25, -0.2) is 4.39 Å². The number of carbonyl (C=O) groups is 2. The van der Waals surface area contributed by atoms with Crippen LogP contribution in [0.3, 0.4) is 0 Å². The third-order valence-corrected chi connectivity index (χ3v) is 5.22. The van der Waals surface area contributed by atoms with Crippen LogP contribution in [0.4, 0.5) is 4.39 Å². The molecular formula is C23H22FN3O2. The van der Waals surface area contributed by atoms with E-state index in [1.165, 1.54) is 18.2 Å². The van der Waals surface area contributed by atoms with Crippen molar-refractivity contribution < 1.29 is 14.0 Å². The lowest BCUT2D eigenvalue weighted by Crippen LogP contribution is -2.46. The van der Waals surface area contributed by atoms with Gasteiger partial charge in [0.25, 0.3) is 11.8 Å². The van der Waals surface area contributed by atoms with Crippen molar-refractivity contribution in [2.45, 2.75) is 18.9 Å². The highest BCUT2D eigenvalue weighted by Gasteiger charge is 2.25. The zero-order chi connectivity index (χ0) is 20.2. The standard InChI is InChI=1S/C23H22FN3O2/c24-19-5-3-4-18(16-19)23(29)27-14-10-20(11-15-27)25-22(28)17-6-8-21(9-7-17)26-12-1-2-13-26/h1-9,12-13,16,20H,10-11,14-15H2,(H,25,28). The molecule has 29 heavy (non-hydrogen) atoms. The number of nitrogens with zero attached hydrogens (tertiary/aromatic N) is 2. The van der Waals surface area contributed by atoms with Crippen LogP contribution in [0.25, 0.3) is 5.69 Å². The molecule has 0 unspecified atom stereocenters. The van der Waals surface area contributed by atoms with Gasteiger partial charge in [-0.2, -0.15) is 0 Å².